The van der Waals surface area contributed by atoms with Crippen molar-refractivity contribution in [3.8, 4) is 6.07 Å². The molecule has 0 spiro atoms. The highest BCUT2D eigenvalue weighted by atomic mass is 19.1. The molecule has 0 unspecified atom stereocenters. The molecule has 6 nitrogen and oxygen atoms in total. The minimum atomic E-state index is -0.599. The molecule has 2 aromatic rings. The van der Waals surface area contributed by atoms with Crippen LogP contribution < -0.4 is 4.90 Å². The largest absolute Gasteiger partial charge is 0.452 e. The van der Waals surface area contributed by atoms with Gasteiger partial charge in [-0.25, -0.2) is 9.18 Å². The van der Waals surface area contributed by atoms with Crippen LogP contribution in [-0.2, 0) is 9.53 Å². The number of rotatable bonds is 4. The van der Waals surface area contributed by atoms with Crippen LogP contribution in [0, 0.1) is 17.1 Å². The van der Waals surface area contributed by atoms with Gasteiger partial charge in [0, 0.05) is 31.9 Å². The maximum absolute atomic E-state index is 13.0. The lowest BCUT2D eigenvalue weighted by atomic mass is 10.1. The summed E-state index contributed by atoms with van der Waals surface area (Å²) >= 11 is 0. The Kier molecular flexibility index (Phi) is 5.67. The molecular formula is C20H18FN3O3. The van der Waals surface area contributed by atoms with E-state index in [2.05, 4.69) is 4.90 Å². The van der Waals surface area contributed by atoms with Crippen molar-refractivity contribution in [3.05, 3.63) is 65.5 Å². The van der Waals surface area contributed by atoms with E-state index in [4.69, 9.17) is 10.00 Å². The van der Waals surface area contributed by atoms with Gasteiger partial charge in [0.05, 0.1) is 17.2 Å². The molecule has 1 amide bonds. The van der Waals surface area contributed by atoms with Crippen LogP contribution in [0.1, 0.15) is 15.9 Å². The topological polar surface area (TPSA) is 73.6 Å². The average Bonchev–Trinajstić information content (AvgIpc) is 2.72. The maximum atomic E-state index is 13.0. The van der Waals surface area contributed by atoms with Crippen LogP contribution in [0.4, 0.5) is 10.1 Å². The summed E-state index contributed by atoms with van der Waals surface area (Å²) in [5, 5.41) is 8.75. The number of hydrogen-bond acceptors (Lipinski definition) is 5. The molecular weight excluding hydrogens is 349 g/mol. The zero-order valence-electron chi connectivity index (χ0n) is 14.6. The highest BCUT2D eigenvalue weighted by Crippen LogP contribution is 2.17. The molecule has 1 fully saturated rings. The first-order valence-corrected chi connectivity index (χ1v) is 8.52. The van der Waals surface area contributed by atoms with E-state index in [1.165, 1.54) is 36.4 Å². The van der Waals surface area contributed by atoms with E-state index in [1.54, 1.807) is 17.0 Å². The molecule has 138 valence electrons. The summed E-state index contributed by atoms with van der Waals surface area (Å²) in [6, 6.07) is 14.2. The van der Waals surface area contributed by atoms with Crippen molar-refractivity contribution in [2.24, 2.45) is 0 Å². The molecule has 1 aliphatic heterocycles. The second-order valence-corrected chi connectivity index (χ2v) is 6.11. The molecule has 0 atom stereocenters. The molecule has 3 rings (SSSR count). The number of esters is 1. The molecule has 1 aliphatic rings. The molecule has 0 aliphatic carbocycles. The Hall–Kier alpha value is -3.40. The SMILES string of the molecule is N#Cc1ccc(C(=O)OCC(=O)N2CCN(c3ccc(F)cc3)CC2)cc1. The van der Waals surface area contributed by atoms with Crippen LogP contribution in [0.5, 0.6) is 0 Å². The van der Waals surface area contributed by atoms with Gasteiger partial charge in [-0.2, -0.15) is 5.26 Å². The van der Waals surface area contributed by atoms with Gasteiger partial charge in [-0.3, -0.25) is 4.79 Å². The lowest BCUT2D eigenvalue weighted by Crippen LogP contribution is -2.49. The molecule has 7 heteroatoms. The highest BCUT2D eigenvalue weighted by molar-refractivity contribution is 5.91. The van der Waals surface area contributed by atoms with Crippen LogP contribution >= 0.6 is 0 Å². The Morgan fingerprint density at radius 2 is 1.63 bits per heavy atom. The van der Waals surface area contributed by atoms with Crippen LogP contribution in [0.3, 0.4) is 0 Å². The summed E-state index contributed by atoms with van der Waals surface area (Å²) in [5.41, 5.74) is 1.65. The monoisotopic (exact) mass is 367 g/mol. The summed E-state index contributed by atoms with van der Waals surface area (Å²) in [6.45, 7) is 1.94. The first kappa shape index (κ1) is 18.4. The van der Waals surface area contributed by atoms with Gasteiger partial charge in [0.2, 0.25) is 0 Å². The Morgan fingerprint density at radius 3 is 2.22 bits per heavy atom. The summed E-state index contributed by atoms with van der Waals surface area (Å²) in [4.78, 5) is 28.0. The molecule has 1 heterocycles. The van der Waals surface area contributed by atoms with E-state index < -0.39 is 5.97 Å². The number of halogens is 1. The lowest BCUT2D eigenvalue weighted by molar-refractivity contribution is -0.134. The Labute approximate surface area is 156 Å². The van der Waals surface area contributed by atoms with Gasteiger partial charge < -0.3 is 14.5 Å². The molecule has 27 heavy (non-hydrogen) atoms. The Balaban J connectivity index is 1.47. The number of carbonyl (C=O) groups excluding carboxylic acids is 2. The number of carbonyl (C=O) groups is 2. The zero-order valence-corrected chi connectivity index (χ0v) is 14.6. The molecule has 2 aromatic carbocycles. The fraction of sp³-hybridized carbons (Fsp3) is 0.250. The third-order valence-corrected chi connectivity index (χ3v) is 4.40. The summed E-state index contributed by atoms with van der Waals surface area (Å²) in [6.07, 6.45) is 0. The Morgan fingerprint density at radius 1 is 1.00 bits per heavy atom. The number of hydrogen-bond donors (Lipinski definition) is 0. The zero-order chi connectivity index (χ0) is 19.2. The predicted octanol–water partition coefficient (Wildman–Crippen LogP) is 2.20. The van der Waals surface area contributed by atoms with Gasteiger partial charge >= 0.3 is 5.97 Å². The lowest BCUT2D eigenvalue weighted by Gasteiger charge is -2.36. The third-order valence-electron chi connectivity index (χ3n) is 4.40. The molecule has 0 aromatic heterocycles. The minimum absolute atomic E-state index is 0.254. The average molecular weight is 367 g/mol. The quantitative estimate of drug-likeness (QED) is 0.775. The van der Waals surface area contributed by atoms with E-state index in [0.29, 0.717) is 37.3 Å². The number of nitriles is 1. The van der Waals surface area contributed by atoms with Gasteiger partial charge in [0.1, 0.15) is 5.82 Å². The summed E-state index contributed by atoms with van der Waals surface area (Å²) in [5.74, 6) is -1.13. The normalized spacial score (nSPS) is 13.8. The first-order chi connectivity index (χ1) is 13.1. The number of amides is 1. The fourth-order valence-corrected chi connectivity index (χ4v) is 2.85. The number of nitrogens with zero attached hydrogens (tertiary/aromatic N) is 3. The smallest absolute Gasteiger partial charge is 0.338 e. The van der Waals surface area contributed by atoms with E-state index in [9.17, 15) is 14.0 Å². The van der Waals surface area contributed by atoms with Crippen molar-refractivity contribution in [1.82, 2.24) is 4.90 Å². The van der Waals surface area contributed by atoms with Gasteiger partial charge in [-0.15, -0.1) is 0 Å². The van der Waals surface area contributed by atoms with E-state index >= 15 is 0 Å². The molecule has 0 N–H and O–H groups in total. The van der Waals surface area contributed by atoms with Crippen LogP contribution in [0.25, 0.3) is 0 Å². The second kappa shape index (κ2) is 8.32. The van der Waals surface area contributed by atoms with Gasteiger partial charge in [-0.1, -0.05) is 0 Å². The van der Waals surface area contributed by atoms with Gasteiger partial charge in [0.15, 0.2) is 6.61 Å². The third kappa shape index (κ3) is 4.61. The molecule has 0 saturated carbocycles. The molecule has 0 bridgehead atoms. The molecule has 1 saturated heterocycles. The standard InChI is InChI=1S/C20H18FN3O3/c21-17-5-7-18(8-6-17)23-9-11-24(12-10-23)19(25)14-27-20(26)16-3-1-15(13-22)2-4-16/h1-8H,9-12,14H2. The van der Waals surface area contributed by atoms with Crippen molar-refractivity contribution in [1.29, 1.82) is 5.26 Å². The number of piperazine rings is 1. The predicted molar refractivity (Wildman–Crippen MR) is 96.6 cm³/mol. The highest BCUT2D eigenvalue weighted by Gasteiger charge is 2.22. The Bertz CT molecular complexity index is 852. The number of benzene rings is 2. The first-order valence-electron chi connectivity index (χ1n) is 8.52. The summed E-state index contributed by atoms with van der Waals surface area (Å²) < 4.78 is 18.1. The number of ether oxygens (including phenoxy) is 1. The van der Waals surface area contributed by atoms with Crippen LogP contribution in [0.2, 0.25) is 0 Å². The van der Waals surface area contributed by atoms with Gasteiger partial charge in [0.25, 0.3) is 5.91 Å². The van der Waals surface area contributed by atoms with Crippen molar-refractivity contribution in [2.75, 3.05) is 37.7 Å². The summed E-state index contributed by atoms with van der Waals surface area (Å²) in [7, 11) is 0. The van der Waals surface area contributed by atoms with Crippen molar-refractivity contribution in [3.63, 3.8) is 0 Å². The number of anilines is 1. The van der Waals surface area contributed by atoms with Crippen molar-refractivity contribution < 1.29 is 18.7 Å². The van der Waals surface area contributed by atoms with Crippen LogP contribution in [-0.4, -0.2) is 49.6 Å². The minimum Gasteiger partial charge on any atom is -0.452 e. The second-order valence-electron chi connectivity index (χ2n) is 6.11. The van der Waals surface area contributed by atoms with Crippen molar-refractivity contribution in [2.45, 2.75) is 0 Å². The van der Waals surface area contributed by atoms with E-state index in [0.717, 1.165) is 5.69 Å². The van der Waals surface area contributed by atoms with Crippen molar-refractivity contribution >= 4 is 17.6 Å². The maximum Gasteiger partial charge on any atom is 0.338 e. The molecule has 0 radical (unpaired) electrons. The fourth-order valence-electron chi connectivity index (χ4n) is 2.85. The van der Waals surface area contributed by atoms with E-state index in [-0.39, 0.29) is 18.3 Å². The van der Waals surface area contributed by atoms with Gasteiger partial charge in [-0.05, 0) is 48.5 Å². The van der Waals surface area contributed by atoms with E-state index in [1.807, 2.05) is 6.07 Å². The van der Waals surface area contributed by atoms with Crippen LogP contribution in [0.15, 0.2) is 48.5 Å².